The summed E-state index contributed by atoms with van der Waals surface area (Å²) in [5.74, 6) is -3.48. The number of carbonyl (C=O) groups excluding carboxylic acids is 2. The smallest absolute Gasteiger partial charge is 0.418 e. The number of anilines is 1. The second-order valence-electron chi connectivity index (χ2n) is 10.8. The molecule has 17 nitrogen and oxygen atoms in total. The van der Waals surface area contributed by atoms with E-state index < -0.39 is 64.4 Å². The van der Waals surface area contributed by atoms with Gasteiger partial charge in [0.15, 0.2) is 16.6 Å². The molecular weight excluding hydrogens is 634 g/mol. The van der Waals surface area contributed by atoms with Crippen molar-refractivity contribution in [2.24, 2.45) is 21.8 Å². The van der Waals surface area contributed by atoms with E-state index in [4.69, 9.17) is 25.6 Å². The number of amides is 1. The fourth-order valence-electron chi connectivity index (χ4n) is 4.66. The van der Waals surface area contributed by atoms with E-state index in [0.29, 0.717) is 22.2 Å². The first-order chi connectivity index (χ1) is 21.2. The number of carboxylic acid groups (broad SMARTS) is 1. The van der Waals surface area contributed by atoms with Crippen molar-refractivity contribution >= 4 is 56.1 Å². The van der Waals surface area contributed by atoms with Gasteiger partial charge >= 0.3 is 16.4 Å². The molecule has 0 saturated carbocycles. The highest BCUT2D eigenvalue weighted by molar-refractivity contribution is 7.80. The number of amidine groups is 1. The van der Waals surface area contributed by atoms with Crippen LogP contribution in [0.2, 0.25) is 0 Å². The van der Waals surface area contributed by atoms with Gasteiger partial charge in [0.25, 0.3) is 12.0 Å². The maximum atomic E-state index is 13.3. The second kappa shape index (κ2) is 13.9. The van der Waals surface area contributed by atoms with Crippen molar-refractivity contribution < 1.29 is 46.3 Å². The molecule has 1 amide bonds. The Labute approximate surface area is 262 Å². The number of Topliss-reactive ketones (excluding diaryl/α,β-unsaturated/α-hetero) is 1. The van der Waals surface area contributed by atoms with Crippen molar-refractivity contribution in [2.75, 3.05) is 25.4 Å². The zero-order valence-corrected chi connectivity index (χ0v) is 25.9. The molecule has 3 heterocycles. The van der Waals surface area contributed by atoms with Crippen LogP contribution in [0.15, 0.2) is 39.8 Å². The molecule has 4 rings (SSSR count). The van der Waals surface area contributed by atoms with Crippen LogP contribution >= 0.6 is 11.3 Å². The largest absolute Gasteiger partial charge is 0.489 e. The Balaban J connectivity index is 1.43. The number of thiazole rings is 1. The van der Waals surface area contributed by atoms with Gasteiger partial charge in [-0.25, -0.2) is 9.78 Å². The summed E-state index contributed by atoms with van der Waals surface area (Å²) in [5.41, 5.74) is 10.8. The summed E-state index contributed by atoms with van der Waals surface area (Å²) in [6, 6.07) is 6.66. The van der Waals surface area contributed by atoms with Crippen LogP contribution in [-0.2, 0) is 33.9 Å². The zero-order chi connectivity index (χ0) is 32.9. The van der Waals surface area contributed by atoms with E-state index in [1.807, 2.05) is 0 Å². The number of hydroxylamine groups is 2. The monoisotopic (exact) mass is 667 g/mol. The Morgan fingerprint density at radius 3 is 2.56 bits per heavy atom. The standard InChI is InChI=1S/C26H33N7O10S2/c1-26(2)17(23(35)33(26)43-45(38,39)40)10-19(34)21(18-13-44-25(28)31-18)32-42-20(24(36)37)12-41-16-7-5-14(6-8-16)22(27)30-15-4-3-9-29-11-15/h5-8,13,15,17,20,29H,3-4,9-12H2,1-2H3,(H2,27,30)(H2,28,31)(H,36,37)(H,38,39,40)/b32-21-/t15?,17-,20+/m1/s1. The summed E-state index contributed by atoms with van der Waals surface area (Å²) in [6.07, 6.45) is -0.195. The number of nitrogen functional groups attached to an aromatic ring is 1. The molecule has 7 N–H and O–H groups in total. The van der Waals surface area contributed by atoms with Gasteiger partial charge in [-0.05, 0) is 57.5 Å². The molecule has 1 unspecified atom stereocenters. The molecule has 3 atom stereocenters. The number of aliphatic carboxylic acids is 1. The summed E-state index contributed by atoms with van der Waals surface area (Å²) in [7, 11) is -4.99. The molecule has 0 bridgehead atoms. The Kier molecular flexibility index (Phi) is 10.4. The third-order valence-corrected chi connectivity index (χ3v) is 8.16. The third kappa shape index (κ3) is 8.51. The number of nitrogens with two attached hydrogens (primary N) is 2. The fourth-order valence-corrected chi connectivity index (χ4v) is 5.66. The van der Waals surface area contributed by atoms with Crippen molar-refractivity contribution in [1.82, 2.24) is 15.4 Å². The molecule has 2 fully saturated rings. The average molecular weight is 668 g/mol. The van der Waals surface area contributed by atoms with Crippen LogP contribution in [0.25, 0.3) is 0 Å². The predicted octanol–water partition coefficient (Wildman–Crippen LogP) is 0.366. The van der Waals surface area contributed by atoms with E-state index in [1.54, 1.807) is 24.3 Å². The molecule has 1 aromatic carbocycles. The van der Waals surface area contributed by atoms with Gasteiger partial charge in [0, 0.05) is 23.9 Å². The number of hydrogen-bond donors (Lipinski definition) is 5. The van der Waals surface area contributed by atoms with Gasteiger partial charge in [-0.15, -0.1) is 15.6 Å². The highest BCUT2D eigenvalue weighted by Gasteiger charge is 2.57. The number of ketones is 1. The lowest BCUT2D eigenvalue weighted by Crippen LogP contribution is -2.68. The van der Waals surface area contributed by atoms with Crippen molar-refractivity contribution in [3.8, 4) is 5.75 Å². The number of oxime groups is 1. The number of rotatable bonds is 14. The van der Waals surface area contributed by atoms with Crippen LogP contribution in [0.1, 0.15) is 44.4 Å². The third-order valence-electron chi connectivity index (χ3n) is 7.15. The lowest BCUT2D eigenvalue weighted by atomic mass is 9.74. The second-order valence-corrected chi connectivity index (χ2v) is 12.7. The van der Waals surface area contributed by atoms with E-state index >= 15 is 0 Å². The molecule has 0 radical (unpaired) electrons. The van der Waals surface area contributed by atoms with Gasteiger partial charge in [0.1, 0.15) is 23.9 Å². The minimum absolute atomic E-state index is 0.0259. The number of hydrogen-bond acceptors (Lipinski definition) is 14. The SMILES string of the molecule is CC1(C)[C@H](CC(=O)/C(=N\O[C@@H](COc2ccc(C(N)=NC3CCCNC3)cc2)C(=O)O)c2csc(N)n2)C(=O)N1OS(=O)(=O)O. The number of carbonyl (C=O) groups is 3. The highest BCUT2D eigenvalue weighted by atomic mass is 32.3. The first-order valence-electron chi connectivity index (χ1n) is 13.6. The number of carboxylic acids is 1. The maximum absolute atomic E-state index is 13.3. The fraction of sp³-hybridized carbons (Fsp3) is 0.462. The van der Waals surface area contributed by atoms with Gasteiger partial charge in [-0.2, -0.15) is 13.5 Å². The topological polar surface area (TPSA) is 258 Å². The quantitative estimate of drug-likeness (QED) is 0.0599. The molecular formula is C26H33N7O10S2. The van der Waals surface area contributed by atoms with Crippen molar-refractivity contribution in [2.45, 2.75) is 50.8 Å². The van der Waals surface area contributed by atoms with Crippen molar-refractivity contribution in [1.29, 1.82) is 0 Å². The van der Waals surface area contributed by atoms with Crippen molar-refractivity contribution in [3.05, 3.63) is 40.9 Å². The van der Waals surface area contributed by atoms with Crippen molar-refractivity contribution in [3.63, 3.8) is 0 Å². The molecule has 0 spiro atoms. The van der Waals surface area contributed by atoms with Crippen LogP contribution in [0.4, 0.5) is 5.13 Å². The number of aliphatic imine (C=N–C) groups is 1. The Morgan fingerprint density at radius 2 is 2.00 bits per heavy atom. The number of nitrogens with one attached hydrogen (secondary N) is 1. The lowest BCUT2D eigenvalue weighted by Gasteiger charge is -2.50. The molecule has 19 heteroatoms. The Morgan fingerprint density at radius 1 is 1.29 bits per heavy atom. The summed E-state index contributed by atoms with van der Waals surface area (Å²) < 4.78 is 41.0. The predicted molar refractivity (Wildman–Crippen MR) is 161 cm³/mol. The molecule has 0 aliphatic carbocycles. The number of benzene rings is 1. The van der Waals surface area contributed by atoms with E-state index in [1.165, 1.54) is 19.2 Å². The van der Waals surface area contributed by atoms with Crippen LogP contribution in [0.3, 0.4) is 0 Å². The number of ether oxygens (including phenoxy) is 1. The zero-order valence-electron chi connectivity index (χ0n) is 24.3. The normalized spacial score (nSPS) is 21.1. The average Bonchev–Trinajstić information content (AvgIpc) is 3.41. The molecule has 2 aliphatic rings. The van der Waals surface area contributed by atoms with E-state index in [-0.39, 0.29) is 16.9 Å². The lowest BCUT2D eigenvalue weighted by molar-refractivity contribution is -0.228. The first kappa shape index (κ1) is 33.7. The van der Waals surface area contributed by atoms with Crippen LogP contribution in [-0.4, -0.2) is 94.7 Å². The molecule has 1 aromatic heterocycles. The summed E-state index contributed by atoms with van der Waals surface area (Å²) in [6.45, 7) is 4.06. The number of piperidine rings is 1. The van der Waals surface area contributed by atoms with Gasteiger partial charge in [0.2, 0.25) is 0 Å². The number of β-lactam (4-membered cyclic amide) rings is 1. The highest BCUT2D eigenvalue weighted by Crippen LogP contribution is 2.40. The minimum Gasteiger partial charge on any atom is -0.489 e. The van der Waals surface area contributed by atoms with E-state index in [0.717, 1.165) is 37.3 Å². The minimum atomic E-state index is -4.99. The Bertz CT molecular complexity index is 1580. The maximum Gasteiger partial charge on any atom is 0.418 e. The van der Waals surface area contributed by atoms with E-state index in [9.17, 15) is 27.9 Å². The summed E-state index contributed by atoms with van der Waals surface area (Å²) in [5, 5.41) is 18.7. The summed E-state index contributed by atoms with van der Waals surface area (Å²) >= 11 is 0.984. The molecule has 2 aliphatic heterocycles. The van der Waals surface area contributed by atoms with E-state index in [2.05, 4.69) is 24.7 Å². The molecule has 244 valence electrons. The van der Waals surface area contributed by atoms with Gasteiger partial charge < -0.3 is 31.5 Å². The first-order valence-corrected chi connectivity index (χ1v) is 15.9. The van der Waals surface area contributed by atoms with Gasteiger partial charge in [-0.3, -0.25) is 19.1 Å². The van der Waals surface area contributed by atoms with Gasteiger partial charge in [0.05, 0.1) is 17.5 Å². The Hall–Kier alpha value is -4.17. The molecule has 45 heavy (non-hydrogen) atoms. The van der Waals surface area contributed by atoms with Crippen LogP contribution in [0.5, 0.6) is 5.75 Å². The van der Waals surface area contributed by atoms with Gasteiger partial charge in [-0.1, -0.05) is 5.16 Å². The number of aromatic nitrogens is 1. The number of nitrogens with zero attached hydrogens (tertiary/aromatic N) is 4. The molecule has 2 saturated heterocycles. The summed E-state index contributed by atoms with van der Waals surface area (Å²) in [4.78, 5) is 51.5. The van der Waals surface area contributed by atoms with Crippen LogP contribution < -0.4 is 21.5 Å². The molecule has 2 aromatic rings. The van der Waals surface area contributed by atoms with Crippen LogP contribution in [0, 0.1) is 5.92 Å².